The summed E-state index contributed by atoms with van der Waals surface area (Å²) >= 11 is 3.45. The highest BCUT2D eigenvalue weighted by atomic mass is 79.9. The van der Waals surface area contributed by atoms with E-state index in [4.69, 9.17) is 4.74 Å². The first kappa shape index (κ1) is 15.6. The monoisotopic (exact) mass is 338 g/mol. The van der Waals surface area contributed by atoms with E-state index in [0.717, 1.165) is 48.1 Å². The maximum Gasteiger partial charge on any atom is 0.163 e. The topological polar surface area (TPSA) is 26.3 Å². The number of rotatable bonds is 8. The number of ether oxygens (including phenoxy) is 1. The quantitative estimate of drug-likeness (QED) is 0.496. The van der Waals surface area contributed by atoms with Gasteiger partial charge in [0, 0.05) is 17.3 Å². The highest BCUT2D eigenvalue weighted by molar-refractivity contribution is 9.09. The molecule has 0 radical (unpaired) electrons. The number of hydrogen-bond donors (Lipinski definition) is 0. The van der Waals surface area contributed by atoms with E-state index in [1.54, 1.807) is 0 Å². The van der Waals surface area contributed by atoms with Gasteiger partial charge in [0.25, 0.3) is 0 Å². The van der Waals surface area contributed by atoms with Crippen LogP contribution in [-0.2, 0) is 6.42 Å². The molecule has 0 bridgehead atoms. The summed E-state index contributed by atoms with van der Waals surface area (Å²) in [5, 5.41) is 1.11. The molecule has 1 aromatic carbocycles. The Morgan fingerprint density at radius 1 is 1.05 bits per heavy atom. The lowest BCUT2D eigenvalue weighted by Crippen LogP contribution is -2.10. The molecule has 0 saturated carbocycles. The van der Waals surface area contributed by atoms with Crippen molar-refractivity contribution in [3.8, 4) is 5.75 Å². The van der Waals surface area contributed by atoms with Gasteiger partial charge in [0.05, 0.1) is 6.61 Å². The molecule has 20 heavy (non-hydrogen) atoms. The SMILES string of the molecule is O=C1CCCc2cc(OCCCCCCCBr)ccc21. The number of aryl methyl sites for hydroxylation is 1. The van der Waals surface area contributed by atoms with Gasteiger partial charge >= 0.3 is 0 Å². The number of halogens is 1. The van der Waals surface area contributed by atoms with Gasteiger partial charge in [-0.15, -0.1) is 0 Å². The zero-order valence-electron chi connectivity index (χ0n) is 12.0. The summed E-state index contributed by atoms with van der Waals surface area (Å²) in [6, 6.07) is 5.92. The predicted octanol–water partition coefficient (Wildman–Crippen LogP) is 4.93. The van der Waals surface area contributed by atoms with Crippen molar-refractivity contribution in [1.29, 1.82) is 0 Å². The van der Waals surface area contributed by atoms with E-state index in [1.807, 2.05) is 12.1 Å². The van der Waals surface area contributed by atoms with Crippen molar-refractivity contribution >= 4 is 21.7 Å². The number of Topliss-reactive ketones (excluding diaryl/α,β-unsaturated/α-hetero) is 1. The van der Waals surface area contributed by atoms with Gasteiger partial charge in [-0.25, -0.2) is 0 Å². The van der Waals surface area contributed by atoms with Crippen LogP contribution >= 0.6 is 15.9 Å². The molecule has 110 valence electrons. The van der Waals surface area contributed by atoms with Crippen molar-refractivity contribution in [2.24, 2.45) is 0 Å². The lowest BCUT2D eigenvalue weighted by atomic mass is 9.90. The van der Waals surface area contributed by atoms with Crippen molar-refractivity contribution in [3.05, 3.63) is 29.3 Å². The zero-order chi connectivity index (χ0) is 14.2. The normalized spacial score (nSPS) is 14.2. The number of alkyl halides is 1. The Hall–Kier alpha value is -0.830. The molecule has 1 aliphatic carbocycles. The summed E-state index contributed by atoms with van der Waals surface area (Å²) in [5.41, 5.74) is 2.06. The Morgan fingerprint density at radius 2 is 1.85 bits per heavy atom. The van der Waals surface area contributed by atoms with Crippen LogP contribution in [0.1, 0.15) is 60.9 Å². The van der Waals surface area contributed by atoms with Crippen molar-refractivity contribution in [2.75, 3.05) is 11.9 Å². The Kier molecular flexibility index (Phi) is 6.58. The minimum absolute atomic E-state index is 0.282. The second-order valence-corrected chi connectivity index (χ2v) is 6.19. The summed E-state index contributed by atoms with van der Waals surface area (Å²) in [6.07, 6.45) is 8.86. The van der Waals surface area contributed by atoms with E-state index in [0.29, 0.717) is 6.42 Å². The zero-order valence-corrected chi connectivity index (χ0v) is 13.6. The number of ketones is 1. The molecule has 0 aromatic heterocycles. The summed E-state index contributed by atoms with van der Waals surface area (Å²) < 4.78 is 5.79. The minimum Gasteiger partial charge on any atom is -0.494 e. The molecule has 0 atom stereocenters. The Labute approximate surface area is 130 Å². The third-order valence-corrected chi connectivity index (χ3v) is 4.33. The Bertz CT molecular complexity index is 443. The molecule has 2 nitrogen and oxygen atoms in total. The van der Waals surface area contributed by atoms with Crippen LogP contribution in [0, 0.1) is 0 Å². The number of unbranched alkanes of at least 4 members (excludes halogenated alkanes) is 4. The van der Waals surface area contributed by atoms with E-state index in [9.17, 15) is 4.79 Å². The summed E-state index contributed by atoms with van der Waals surface area (Å²) in [5.74, 6) is 1.20. The van der Waals surface area contributed by atoms with Gasteiger partial charge in [0.2, 0.25) is 0 Å². The molecule has 0 spiro atoms. The molecule has 1 aliphatic rings. The molecule has 0 unspecified atom stereocenters. The predicted molar refractivity (Wildman–Crippen MR) is 86.1 cm³/mol. The molecule has 0 saturated heterocycles. The summed E-state index contributed by atoms with van der Waals surface area (Å²) in [6.45, 7) is 0.779. The number of carbonyl (C=O) groups excluding carboxylic acids is 1. The van der Waals surface area contributed by atoms with Crippen LogP contribution in [0.5, 0.6) is 5.75 Å². The molecular weight excluding hydrogens is 316 g/mol. The number of carbonyl (C=O) groups is 1. The van der Waals surface area contributed by atoms with E-state index in [2.05, 4.69) is 22.0 Å². The lowest BCUT2D eigenvalue weighted by Gasteiger charge is -2.16. The second kappa shape index (κ2) is 8.46. The first-order valence-corrected chi connectivity index (χ1v) is 8.78. The standard InChI is InChI=1S/C17H23BrO2/c18-11-4-2-1-3-5-12-20-15-9-10-16-14(13-15)7-6-8-17(16)19/h9-10,13H,1-8,11-12H2. The van der Waals surface area contributed by atoms with Gasteiger partial charge in [0.15, 0.2) is 5.78 Å². The molecule has 0 aliphatic heterocycles. The van der Waals surface area contributed by atoms with Crippen LogP contribution in [0.3, 0.4) is 0 Å². The van der Waals surface area contributed by atoms with Crippen LogP contribution in [0.2, 0.25) is 0 Å². The molecule has 2 rings (SSSR count). The average Bonchev–Trinajstić information content (AvgIpc) is 2.46. The molecule has 1 aromatic rings. The van der Waals surface area contributed by atoms with Crippen LogP contribution in [-0.4, -0.2) is 17.7 Å². The van der Waals surface area contributed by atoms with Gasteiger partial charge in [-0.1, -0.05) is 35.2 Å². The number of benzene rings is 1. The van der Waals surface area contributed by atoms with Crippen molar-refractivity contribution < 1.29 is 9.53 Å². The highest BCUT2D eigenvalue weighted by Crippen LogP contribution is 2.25. The van der Waals surface area contributed by atoms with Gasteiger partial charge in [-0.05, 0) is 49.4 Å². The van der Waals surface area contributed by atoms with Gasteiger partial charge in [-0.3, -0.25) is 4.79 Å². The number of hydrogen-bond acceptors (Lipinski definition) is 2. The average molecular weight is 339 g/mol. The minimum atomic E-state index is 0.282. The van der Waals surface area contributed by atoms with Crippen molar-refractivity contribution in [3.63, 3.8) is 0 Å². The van der Waals surface area contributed by atoms with Crippen LogP contribution in [0.25, 0.3) is 0 Å². The van der Waals surface area contributed by atoms with Crippen molar-refractivity contribution in [2.45, 2.75) is 51.4 Å². The van der Waals surface area contributed by atoms with Gasteiger partial charge < -0.3 is 4.74 Å². The van der Waals surface area contributed by atoms with Crippen molar-refractivity contribution in [1.82, 2.24) is 0 Å². The van der Waals surface area contributed by atoms with E-state index in [1.165, 1.54) is 25.7 Å². The third-order valence-electron chi connectivity index (χ3n) is 3.77. The first-order valence-electron chi connectivity index (χ1n) is 7.66. The van der Waals surface area contributed by atoms with E-state index >= 15 is 0 Å². The van der Waals surface area contributed by atoms with Gasteiger partial charge in [-0.2, -0.15) is 0 Å². The fourth-order valence-electron chi connectivity index (χ4n) is 2.63. The Morgan fingerprint density at radius 3 is 2.70 bits per heavy atom. The summed E-state index contributed by atoms with van der Waals surface area (Å²) in [7, 11) is 0. The smallest absolute Gasteiger partial charge is 0.163 e. The fourth-order valence-corrected chi connectivity index (χ4v) is 3.03. The van der Waals surface area contributed by atoms with Crippen LogP contribution in [0.4, 0.5) is 0 Å². The molecule has 0 amide bonds. The maximum atomic E-state index is 11.7. The molecule has 3 heteroatoms. The van der Waals surface area contributed by atoms with E-state index < -0.39 is 0 Å². The maximum absolute atomic E-state index is 11.7. The molecule has 0 fully saturated rings. The third kappa shape index (κ3) is 4.62. The Balaban J connectivity index is 1.72. The first-order chi connectivity index (χ1) is 9.81. The second-order valence-electron chi connectivity index (χ2n) is 5.40. The molecular formula is C17H23BrO2. The largest absolute Gasteiger partial charge is 0.494 e. The lowest BCUT2D eigenvalue weighted by molar-refractivity contribution is 0.0972. The van der Waals surface area contributed by atoms with Crippen LogP contribution in [0.15, 0.2) is 18.2 Å². The fraction of sp³-hybridized carbons (Fsp3) is 0.588. The van der Waals surface area contributed by atoms with Gasteiger partial charge in [0.1, 0.15) is 5.75 Å². The van der Waals surface area contributed by atoms with E-state index in [-0.39, 0.29) is 5.78 Å². The highest BCUT2D eigenvalue weighted by Gasteiger charge is 2.17. The molecule has 0 N–H and O–H groups in total. The number of fused-ring (bicyclic) bond motifs is 1. The van der Waals surface area contributed by atoms with Crippen LogP contribution < -0.4 is 4.74 Å². The summed E-state index contributed by atoms with van der Waals surface area (Å²) in [4.78, 5) is 11.7. The molecule has 0 heterocycles.